The second-order valence-corrected chi connectivity index (χ2v) is 11.0. The maximum absolute atomic E-state index is 15.2. The quantitative estimate of drug-likeness (QED) is 0.194. The van der Waals surface area contributed by atoms with Gasteiger partial charge in [0.25, 0.3) is 0 Å². The lowest BCUT2D eigenvalue weighted by atomic mass is 9.89. The van der Waals surface area contributed by atoms with Gasteiger partial charge < -0.3 is 4.74 Å². The van der Waals surface area contributed by atoms with Gasteiger partial charge in [-0.3, -0.25) is 0 Å². The van der Waals surface area contributed by atoms with Gasteiger partial charge in [0.1, 0.15) is 28.8 Å². The molecule has 0 bridgehead atoms. The summed E-state index contributed by atoms with van der Waals surface area (Å²) in [6.07, 6.45) is 3.30. The number of hydrogen-bond donors (Lipinski definition) is 0. The fourth-order valence-electron chi connectivity index (χ4n) is 6.56. The molecule has 9 heteroatoms. The van der Waals surface area contributed by atoms with Crippen molar-refractivity contribution in [1.29, 1.82) is 0 Å². The number of fused-ring (bicyclic) bond motifs is 1. The van der Waals surface area contributed by atoms with E-state index in [1.165, 1.54) is 44.2 Å². The Morgan fingerprint density at radius 3 is 1.90 bits per heavy atom. The highest BCUT2D eigenvalue weighted by molar-refractivity contribution is 5.65. The topological polar surface area (TPSA) is 9.23 Å². The van der Waals surface area contributed by atoms with Crippen LogP contribution in [0.25, 0.3) is 11.1 Å². The molecule has 214 valence electrons. The fraction of sp³-hybridized carbons (Fsp3) is 0.419. The normalized spacial score (nSPS) is 22.5. The minimum atomic E-state index is -4.72. The standard InChI is InChI=1S/C31H28F8O/c1-2-3-4-16-7-18-9-20(10-19(18)8-16)17-5-6-23(24(32)11-17)21-12-25(33)29(26(34)13-21)31(38,39)40-22-14-27(35)30(37)28(36)15-22/h5-6,11-16,18-20H,2-4,7-10H2,1H3. The van der Waals surface area contributed by atoms with E-state index < -0.39 is 52.3 Å². The highest BCUT2D eigenvalue weighted by Gasteiger charge is 2.43. The number of alkyl halides is 2. The van der Waals surface area contributed by atoms with Gasteiger partial charge in [-0.1, -0.05) is 38.3 Å². The predicted molar refractivity (Wildman–Crippen MR) is 134 cm³/mol. The first-order chi connectivity index (χ1) is 19.0. The first-order valence-electron chi connectivity index (χ1n) is 13.5. The van der Waals surface area contributed by atoms with Crippen LogP contribution in [0.5, 0.6) is 5.75 Å². The molecule has 0 amide bonds. The zero-order chi connectivity index (χ0) is 28.8. The third kappa shape index (κ3) is 5.56. The van der Waals surface area contributed by atoms with Gasteiger partial charge in [0, 0.05) is 17.7 Å². The Balaban J connectivity index is 1.33. The van der Waals surface area contributed by atoms with Crippen LogP contribution in [0.3, 0.4) is 0 Å². The molecular formula is C31H28F8O. The van der Waals surface area contributed by atoms with E-state index in [0.717, 1.165) is 24.3 Å². The molecule has 1 nitrogen and oxygen atoms in total. The van der Waals surface area contributed by atoms with E-state index in [9.17, 15) is 30.7 Å². The second kappa shape index (κ2) is 11.1. The molecule has 3 aromatic carbocycles. The van der Waals surface area contributed by atoms with Gasteiger partial charge >= 0.3 is 6.11 Å². The van der Waals surface area contributed by atoms with Crippen molar-refractivity contribution in [2.45, 2.75) is 63.9 Å². The van der Waals surface area contributed by atoms with E-state index in [-0.39, 0.29) is 29.2 Å². The molecule has 2 aliphatic rings. The van der Waals surface area contributed by atoms with Crippen LogP contribution in [0.4, 0.5) is 35.1 Å². The number of ether oxygens (including phenoxy) is 1. The van der Waals surface area contributed by atoms with Crippen molar-refractivity contribution in [3.05, 3.63) is 88.5 Å². The van der Waals surface area contributed by atoms with Crippen molar-refractivity contribution in [1.82, 2.24) is 0 Å². The summed E-state index contributed by atoms with van der Waals surface area (Å²) in [7, 11) is 0. The van der Waals surface area contributed by atoms with Crippen LogP contribution in [0.15, 0.2) is 42.5 Å². The van der Waals surface area contributed by atoms with Crippen LogP contribution in [0, 0.1) is 52.7 Å². The van der Waals surface area contributed by atoms with Gasteiger partial charge in [-0.25, -0.2) is 26.3 Å². The molecule has 0 heterocycles. The number of rotatable bonds is 8. The van der Waals surface area contributed by atoms with Crippen LogP contribution in [-0.2, 0) is 6.11 Å². The van der Waals surface area contributed by atoms with E-state index in [4.69, 9.17) is 0 Å². The van der Waals surface area contributed by atoms with Crippen LogP contribution in [-0.4, -0.2) is 0 Å². The summed E-state index contributed by atoms with van der Waals surface area (Å²) < 4.78 is 118. The maximum atomic E-state index is 15.2. The molecule has 0 aliphatic heterocycles. The third-order valence-corrected chi connectivity index (χ3v) is 8.39. The maximum Gasteiger partial charge on any atom is 0.432 e. The molecule has 0 N–H and O–H groups in total. The van der Waals surface area contributed by atoms with Gasteiger partial charge in [-0.15, -0.1) is 0 Å². The van der Waals surface area contributed by atoms with E-state index in [2.05, 4.69) is 11.7 Å². The summed E-state index contributed by atoms with van der Waals surface area (Å²) in [5.41, 5.74) is -1.51. The Labute approximate surface area is 227 Å². The average Bonchev–Trinajstić information content (AvgIpc) is 3.44. The molecule has 2 saturated carbocycles. The van der Waals surface area contributed by atoms with Crippen LogP contribution < -0.4 is 4.74 Å². The van der Waals surface area contributed by atoms with Crippen molar-refractivity contribution in [3.8, 4) is 16.9 Å². The average molecular weight is 569 g/mol. The van der Waals surface area contributed by atoms with Crippen LogP contribution in [0.2, 0.25) is 0 Å². The lowest BCUT2D eigenvalue weighted by Crippen LogP contribution is -2.25. The molecule has 2 atom stereocenters. The predicted octanol–water partition coefficient (Wildman–Crippen LogP) is 10.0. The zero-order valence-electron chi connectivity index (χ0n) is 21.7. The van der Waals surface area contributed by atoms with Crippen LogP contribution >= 0.6 is 0 Å². The molecule has 0 aromatic heterocycles. The summed E-state index contributed by atoms with van der Waals surface area (Å²) in [5.74, 6) is -8.79. The fourth-order valence-corrected chi connectivity index (χ4v) is 6.56. The lowest BCUT2D eigenvalue weighted by Gasteiger charge is -2.20. The summed E-state index contributed by atoms with van der Waals surface area (Å²) in [6, 6.07) is 5.75. The SMILES string of the molecule is CCCCC1CC2CC(c3ccc(-c4cc(F)c(C(F)(F)Oc5cc(F)c(F)c(F)c5)c(F)c4)c(F)c3)CC2C1. The van der Waals surface area contributed by atoms with Gasteiger partial charge in [0.15, 0.2) is 17.5 Å². The van der Waals surface area contributed by atoms with Gasteiger partial charge in [-0.05, 0) is 78.7 Å². The highest BCUT2D eigenvalue weighted by atomic mass is 19.3. The molecular weight excluding hydrogens is 540 g/mol. The minimum Gasteiger partial charge on any atom is -0.429 e. The Morgan fingerprint density at radius 2 is 1.35 bits per heavy atom. The molecule has 0 radical (unpaired) electrons. The van der Waals surface area contributed by atoms with E-state index in [0.29, 0.717) is 24.0 Å². The molecule has 5 rings (SSSR count). The van der Waals surface area contributed by atoms with Gasteiger partial charge in [-0.2, -0.15) is 8.78 Å². The number of hydrogen-bond acceptors (Lipinski definition) is 1. The molecule has 0 spiro atoms. The van der Waals surface area contributed by atoms with Crippen molar-refractivity contribution in [2.24, 2.45) is 17.8 Å². The third-order valence-electron chi connectivity index (χ3n) is 8.39. The molecule has 0 saturated heterocycles. The highest BCUT2D eigenvalue weighted by Crippen LogP contribution is 2.53. The monoisotopic (exact) mass is 568 g/mol. The molecule has 2 aliphatic carbocycles. The van der Waals surface area contributed by atoms with Crippen molar-refractivity contribution in [2.75, 3.05) is 0 Å². The Hall–Kier alpha value is -3.10. The van der Waals surface area contributed by atoms with Gasteiger partial charge in [0.2, 0.25) is 0 Å². The van der Waals surface area contributed by atoms with E-state index >= 15 is 4.39 Å². The largest absolute Gasteiger partial charge is 0.432 e. The summed E-state index contributed by atoms with van der Waals surface area (Å²) >= 11 is 0. The summed E-state index contributed by atoms with van der Waals surface area (Å²) in [4.78, 5) is 0. The lowest BCUT2D eigenvalue weighted by molar-refractivity contribution is -0.189. The summed E-state index contributed by atoms with van der Waals surface area (Å²) in [5, 5.41) is 0. The second-order valence-electron chi connectivity index (χ2n) is 11.0. The molecule has 3 aromatic rings. The van der Waals surface area contributed by atoms with Crippen molar-refractivity contribution in [3.63, 3.8) is 0 Å². The van der Waals surface area contributed by atoms with Crippen molar-refractivity contribution >= 4 is 0 Å². The van der Waals surface area contributed by atoms with Crippen molar-refractivity contribution < 1.29 is 39.9 Å². The Kier molecular flexibility index (Phi) is 7.86. The molecule has 2 unspecified atom stereocenters. The zero-order valence-corrected chi connectivity index (χ0v) is 21.7. The first kappa shape index (κ1) is 28.4. The first-order valence-corrected chi connectivity index (χ1v) is 13.5. The molecule has 40 heavy (non-hydrogen) atoms. The Bertz CT molecular complexity index is 1340. The minimum absolute atomic E-state index is 0.121. The number of unbranched alkanes of at least 4 members (excludes halogenated alkanes) is 1. The van der Waals surface area contributed by atoms with E-state index in [1.807, 2.05) is 0 Å². The van der Waals surface area contributed by atoms with Gasteiger partial charge in [0.05, 0.1) is 0 Å². The number of halogens is 8. The Morgan fingerprint density at radius 1 is 0.750 bits per heavy atom. The van der Waals surface area contributed by atoms with Crippen LogP contribution in [0.1, 0.15) is 68.9 Å². The summed E-state index contributed by atoms with van der Waals surface area (Å²) in [6.45, 7) is 2.19. The number of benzene rings is 3. The molecule has 2 fully saturated rings. The smallest absolute Gasteiger partial charge is 0.429 e. The van der Waals surface area contributed by atoms with E-state index in [1.54, 1.807) is 6.07 Å².